The van der Waals surface area contributed by atoms with Crippen LogP contribution in [0.25, 0.3) is 16.8 Å². The highest BCUT2D eigenvalue weighted by Crippen LogP contribution is 2.37. The minimum Gasteiger partial charge on any atom is -0.495 e. The molecule has 0 saturated carbocycles. The maximum atomic E-state index is 5.93. The van der Waals surface area contributed by atoms with Gasteiger partial charge in [0.05, 0.1) is 36.8 Å². The van der Waals surface area contributed by atoms with Crippen LogP contribution in [0.15, 0.2) is 48.7 Å². The summed E-state index contributed by atoms with van der Waals surface area (Å²) < 4.78 is 13.5. The molecule has 0 radical (unpaired) electrons. The number of nitrogens with one attached hydrogen (secondary N) is 2. The summed E-state index contributed by atoms with van der Waals surface area (Å²) in [5.74, 6) is 2.28. The van der Waals surface area contributed by atoms with Crippen LogP contribution in [0.5, 0.6) is 11.5 Å². The van der Waals surface area contributed by atoms with Gasteiger partial charge < -0.3 is 20.1 Å². The van der Waals surface area contributed by atoms with Crippen LogP contribution in [-0.4, -0.2) is 41.4 Å². The van der Waals surface area contributed by atoms with E-state index in [1.54, 1.807) is 7.11 Å². The average molecular weight is 464 g/mol. The smallest absolute Gasteiger partial charge is 0.245 e. The number of hydrogen-bond donors (Lipinski definition) is 2. The van der Waals surface area contributed by atoms with Gasteiger partial charge in [0.25, 0.3) is 0 Å². The number of halogens is 1. The van der Waals surface area contributed by atoms with Gasteiger partial charge in [0.15, 0.2) is 0 Å². The molecule has 4 heterocycles. The number of benzene rings is 2. The number of aromatic nitrogens is 3. The molecule has 0 atom stereocenters. The maximum Gasteiger partial charge on any atom is 0.245 e. The summed E-state index contributed by atoms with van der Waals surface area (Å²) in [6.45, 7) is 2.70. The molecule has 2 N–H and O–H groups in total. The summed E-state index contributed by atoms with van der Waals surface area (Å²) in [6, 6.07) is 14.7. The van der Waals surface area contributed by atoms with E-state index in [2.05, 4.69) is 52.0 Å². The van der Waals surface area contributed by atoms with Crippen molar-refractivity contribution in [2.24, 2.45) is 0 Å². The largest absolute Gasteiger partial charge is 0.495 e. The summed E-state index contributed by atoms with van der Waals surface area (Å²) >= 11 is 0. The fourth-order valence-electron chi connectivity index (χ4n) is 4.67. The molecule has 2 aliphatic rings. The van der Waals surface area contributed by atoms with Crippen molar-refractivity contribution < 1.29 is 9.47 Å². The lowest BCUT2D eigenvalue weighted by Gasteiger charge is -2.15. The lowest BCUT2D eigenvalue weighted by molar-refractivity contribution is 0.358. The van der Waals surface area contributed by atoms with Crippen molar-refractivity contribution in [2.75, 3.05) is 32.1 Å². The zero-order chi connectivity index (χ0) is 21.5. The Balaban J connectivity index is 0.00000228. The number of methoxy groups -OCH3 is 1. The third kappa shape index (κ3) is 3.87. The third-order valence-corrected chi connectivity index (χ3v) is 6.30. The monoisotopic (exact) mass is 463 g/mol. The Labute approximate surface area is 198 Å². The van der Waals surface area contributed by atoms with Crippen LogP contribution in [-0.2, 0) is 19.3 Å². The van der Waals surface area contributed by atoms with Crippen LogP contribution in [0.2, 0.25) is 0 Å². The first-order valence-corrected chi connectivity index (χ1v) is 11.1. The molecule has 0 saturated heterocycles. The van der Waals surface area contributed by atoms with Crippen LogP contribution < -0.4 is 20.1 Å². The van der Waals surface area contributed by atoms with Crippen molar-refractivity contribution in [1.29, 1.82) is 0 Å². The average Bonchev–Trinajstić information content (AvgIpc) is 3.40. The zero-order valence-electron chi connectivity index (χ0n) is 18.4. The van der Waals surface area contributed by atoms with Crippen molar-refractivity contribution in [2.45, 2.75) is 19.3 Å². The molecule has 0 unspecified atom stereocenters. The summed E-state index contributed by atoms with van der Waals surface area (Å²) in [6.07, 6.45) is 4.78. The SMILES string of the molecule is COc1cc2c(cc1Nc1ncc3ccc(-c4cccc5c4OCC5)n3n1)CCNCC2.Cl. The van der Waals surface area contributed by atoms with E-state index in [0.717, 1.165) is 72.9 Å². The van der Waals surface area contributed by atoms with Gasteiger partial charge in [-0.15, -0.1) is 17.5 Å². The molecule has 0 aliphatic carbocycles. The molecule has 2 aliphatic heterocycles. The lowest BCUT2D eigenvalue weighted by atomic mass is 10.0. The molecule has 33 heavy (non-hydrogen) atoms. The van der Waals surface area contributed by atoms with Crippen molar-refractivity contribution in [3.63, 3.8) is 0 Å². The van der Waals surface area contributed by atoms with E-state index >= 15 is 0 Å². The van der Waals surface area contributed by atoms with E-state index in [0.29, 0.717) is 5.95 Å². The minimum atomic E-state index is 0. The molecule has 7 nitrogen and oxygen atoms in total. The van der Waals surface area contributed by atoms with E-state index in [9.17, 15) is 0 Å². The highest BCUT2D eigenvalue weighted by atomic mass is 35.5. The first kappa shape index (κ1) is 21.6. The second-order valence-corrected chi connectivity index (χ2v) is 8.23. The van der Waals surface area contributed by atoms with Crippen LogP contribution in [0.4, 0.5) is 11.6 Å². The van der Waals surface area contributed by atoms with Crippen molar-refractivity contribution in [3.05, 3.63) is 65.4 Å². The molecule has 6 rings (SSSR count). The molecule has 2 aromatic carbocycles. The molecule has 0 spiro atoms. The normalized spacial score (nSPS) is 14.6. The van der Waals surface area contributed by atoms with Gasteiger partial charge in [-0.25, -0.2) is 9.50 Å². The zero-order valence-corrected chi connectivity index (χ0v) is 19.2. The first-order valence-electron chi connectivity index (χ1n) is 11.1. The molecule has 2 aromatic heterocycles. The predicted molar refractivity (Wildman–Crippen MR) is 131 cm³/mol. The van der Waals surface area contributed by atoms with E-state index in [1.165, 1.54) is 16.7 Å². The molecule has 8 heteroatoms. The fraction of sp³-hybridized carbons (Fsp3) is 0.280. The number of para-hydroxylation sites is 1. The number of rotatable bonds is 4. The first-order chi connectivity index (χ1) is 15.8. The Morgan fingerprint density at radius 2 is 1.88 bits per heavy atom. The minimum absolute atomic E-state index is 0. The van der Waals surface area contributed by atoms with Gasteiger partial charge in [0.1, 0.15) is 11.5 Å². The highest BCUT2D eigenvalue weighted by molar-refractivity contribution is 5.85. The topological polar surface area (TPSA) is 72.7 Å². The Morgan fingerprint density at radius 1 is 1.03 bits per heavy atom. The quantitative estimate of drug-likeness (QED) is 0.472. The number of ether oxygens (including phenoxy) is 2. The number of anilines is 2. The molecular weight excluding hydrogens is 438 g/mol. The number of nitrogens with zero attached hydrogens (tertiary/aromatic N) is 3. The standard InChI is InChI=1S/C25H25N5O2.ClH/c1-31-23-14-18-8-11-26-10-7-17(18)13-21(23)28-25-27-15-19-5-6-22(30(19)29-25)20-4-2-3-16-9-12-32-24(16)20;/h2-6,13-15,26H,7-12H2,1H3,(H,28,29);1H. The predicted octanol–water partition coefficient (Wildman–Crippen LogP) is 4.19. The van der Waals surface area contributed by atoms with Crippen LogP contribution in [0.1, 0.15) is 16.7 Å². The van der Waals surface area contributed by atoms with Crippen LogP contribution in [0, 0.1) is 0 Å². The van der Waals surface area contributed by atoms with Crippen molar-refractivity contribution in [1.82, 2.24) is 19.9 Å². The molecule has 170 valence electrons. The second-order valence-electron chi connectivity index (χ2n) is 8.23. The van der Waals surface area contributed by atoms with Crippen LogP contribution in [0.3, 0.4) is 0 Å². The summed E-state index contributed by atoms with van der Waals surface area (Å²) in [5, 5.41) is 11.7. The van der Waals surface area contributed by atoms with Crippen LogP contribution >= 0.6 is 12.4 Å². The Hall–Kier alpha value is -3.29. The Bertz CT molecular complexity index is 1320. The lowest BCUT2D eigenvalue weighted by Crippen LogP contribution is -2.16. The molecule has 4 aromatic rings. The highest BCUT2D eigenvalue weighted by Gasteiger charge is 2.20. The maximum absolute atomic E-state index is 5.93. The van der Waals surface area contributed by atoms with E-state index < -0.39 is 0 Å². The van der Waals surface area contributed by atoms with E-state index in [4.69, 9.17) is 14.6 Å². The van der Waals surface area contributed by atoms with Crippen molar-refractivity contribution in [3.8, 4) is 22.8 Å². The van der Waals surface area contributed by atoms with Gasteiger partial charge in [0.2, 0.25) is 5.95 Å². The summed E-state index contributed by atoms with van der Waals surface area (Å²) in [4.78, 5) is 4.55. The van der Waals surface area contributed by atoms with Gasteiger partial charge in [0, 0.05) is 12.0 Å². The second kappa shape index (κ2) is 8.92. The van der Waals surface area contributed by atoms with Crippen molar-refractivity contribution >= 4 is 29.6 Å². The van der Waals surface area contributed by atoms with Gasteiger partial charge in [-0.2, -0.15) is 0 Å². The van der Waals surface area contributed by atoms with Gasteiger partial charge in [-0.3, -0.25) is 0 Å². The fourth-order valence-corrected chi connectivity index (χ4v) is 4.67. The number of fused-ring (bicyclic) bond motifs is 3. The molecule has 0 fully saturated rings. The van der Waals surface area contributed by atoms with Gasteiger partial charge >= 0.3 is 0 Å². The summed E-state index contributed by atoms with van der Waals surface area (Å²) in [7, 11) is 1.70. The van der Waals surface area contributed by atoms with Gasteiger partial charge in [-0.1, -0.05) is 12.1 Å². The molecule has 0 bridgehead atoms. The Morgan fingerprint density at radius 3 is 2.73 bits per heavy atom. The van der Waals surface area contributed by atoms with E-state index in [1.807, 2.05) is 16.8 Å². The van der Waals surface area contributed by atoms with E-state index in [-0.39, 0.29) is 12.4 Å². The number of hydrogen-bond acceptors (Lipinski definition) is 6. The Kier molecular flexibility index (Phi) is 5.83. The molecule has 0 amide bonds. The third-order valence-electron chi connectivity index (χ3n) is 6.30. The summed E-state index contributed by atoms with van der Waals surface area (Å²) in [5.41, 5.74) is 7.77. The molecular formula is C25H26ClN5O2. The van der Waals surface area contributed by atoms with Gasteiger partial charge in [-0.05, 0) is 73.0 Å².